The number of hydrogen-bond donors (Lipinski definition) is 2. The lowest BCUT2D eigenvalue weighted by Gasteiger charge is -2.24. The highest BCUT2D eigenvalue weighted by atomic mass is 19.4. The third-order valence-electron chi connectivity index (χ3n) is 6.04. The van der Waals surface area contributed by atoms with Gasteiger partial charge in [0.05, 0.1) is 23.8 Å². The number of aliphatic hydroxyl groups is 1. The molecular weight excluding hydrogens is 573 g/mol. The average Bonchev–Trinajstić information content (AvgIpc) is 2.86. The van der Waals surface area contributed by atoms with E-state index in [0.29, 0.717) is 28.7 Å². The largest absolute Gasteiger partial charge is 0.496 e. The summed E-state index contributed by atoms with van der Waals surface area (Å²) >= 11 is 0. The van der Waals surface area contributed by atoms with Crippen LogP contribution in [-0.2, 0) is 38.0 Å². The summed E-state index contributed by atoms with van der Waals surface area (Å²) in [5.74, 6) is 0.183. The van der Waals surface area contributed by atoms with Crippen LogP contribution in [0.15, 0.2) is 54.6 Å². The van der Waals surface area contributed by atoms with E-state index in [1.54, 1.807) is 6.07 Å². The zero-order chi connectivity index (χ0) is 30.8. The Labute approximate surface area is 227 Å². The van der Waals surface area contributed by atoms with E-state index in [1.165, 1.54) is 19.2 Å². The van der Waals surface area contributed by atoms with Gasteiger partial charge in [-0.2, -0.15) is 39.5 Å². The van der Waals surface area contributed by atoms with E-state index in [0.717, 1.165) is 12.1 Å². The number of amides is 1. The molecule has 0 saturated heterocycles. The van der Waals surface area contributed by atoms with Crippen LogP contribution in [0.5, 0.6) is 5.75 Å². The Balaban J connectivity index is 2.15. The fraction of sp³-hybridized carbons (Fsp3) is 0.296. The summed E-state index contributed by atoms with van der Waals surface area (Å²) in [7, 11) is 1.28. The number of ether oxygens (including phenoxy) is 1. The number of aliphatic hydroxyl groups excluding tert-OH is 1. The molecule has 0 aliphatic carbocycles. The molecule has 0 aliphatic heterocycles. The molecule has 1 amide bonds. The van der Waals surface area contributed by atoms with Crippen LogP contribution in [-0.4, -0.2) is 34.9 Å². The maximum Gasteiger partial charge on any atom is 0.416 e. The molecule has 0 heterocycles. The third-order valence-corrected chi connectivity index (χ3v) is 6.04. The smallest absolute Gasteiger partial charge is 0.416 e. The average molecular weight is 595 g/mol. The van der Waals surface area contributed by atoms with Gasteiger partial charge in [0.15, 0.2) is 0 Å². The first-order chi connectivity index (χ1) is 18.9. The van der Waals surface area contributed by atoms with Crippen LogP contribution < -0.4 is 4.74 Å². The number of benzene rings is 3. The van der Waals surface area contributed by atoms with Crippen LogP contribution in [0, 0.1) is 0 Å². The molecule has 0 bridgehead atoms. The van der Waals surface area contributed by atoms with E-state index in [1.807, 2.05) is 0 Å². The Hall–Kier alpha value is -3.94. The maximum absolute atomic E-state index is 13.6. The number of carboxylic acid groups (broad SMARTS) is 1. The molecule has 0 unspecified atom stereocenters. The molecular formula is C27H22F9NO4. The summed E-state index contributed by atoms with van der Waals surface area (Å²) in [4.78, 5) is 12.5. The van der Waals surface area contributed by atoms with Crippen molar-refractivity contribution in [1.82, 2.24) is 4.90 Å². The highest BCUT2D eigenvalue weighted by Crippen LogP contribution is 2.39. The van der Waals surface area contributed by atoms with Gasteiger partial charge < -0.3 is 14.9 Å². The second-order valence-electron chi connectivity index (χ2n) is 8.93. The summed E-state index contributed by atoms with van der Waals surface area (Å²) < 4.78 is 126. The molecule has 0 fully saturated rings. The lowest BCUT2D eigenvalue weighted by molar-refractivity contribution is -0.143. The molecule has 0 saturated carbocycles. The molecule has 0 aromatic heterocycles. The van der Waals surface area contributed by atoms with Gasteiger partial charge in [-0.15, -0.1) is 0 Å². The first-order valence-corrected chi connectivity index (χ1v) is 11.7. The van der Waals surface area contributed by atoms with Crippen molar-refractivity contribution in [2.75, 3.05) is 13.7 Å². The van der Waals surface area contributed by atoms with Crippen LogP contribution in [0.3, 0.4) is 0 Å². The Morgan fingerprint density at radius 1 is 0.732 bits per heavy atom. The van der Waals surface area contributed by atoms with Crippen molar-refractivity contribution in [3.8, 4) is 16.9 Å². The molecule has 222 valence electrons. The predicted octanol–water partition coefficient (Wildman–Crippen LogP) is 7.63. The summed E-state index contributed by atoms with van der Waals surface area (Å²) in [6.07, 6.45) is -16.9. The predicted molar refractivity (Wildman–Crippen MR) is 128 cm³/mol. The molecule has 3 rings (SSSR count). The molecule has 0 atom stereocenters. The topological polar surface area (TPSA) is 70.0 Å². The Morgan fingerprint density at radius 3 is 1.80 bits per heavy atom. The van der Waals surface area contributed by atoms with Gasteiger partial charge in [0.2, 0.25) is 0 Å². The van der Waals surface area contributed by atoms with E-state index in [-0.39, 0.29) is 41.5 Å². The van der Waals surface area contributed by atoms with Gasteiger partial charge >= 0.3 is 24.6 Å². The van der Waals surface area contributed by atoms with Crippen LogP contribution in [0.2, 0.25) is 0 Å². The molecule has 0 aliphatic rings. The minimum Gasteiger partial charge on any atom is -0.496 e. The second kappa shape index (κ2) is 11.9. The Bertz CT molecular complexity index is 1370. The quantitative estimate of drug-likeness (QED) is 0.263. The monoisotopic (exact) mass is 595 g/mol. The zero-order valence-corrected chi connectivity index (χ0v) is 21.1. The van der Waals surface area contributed by atoms with Crippen LogP contribution in [0.1, 0.15) is 33.4 Å². The van der Waals surface area contributed by atoms with E-state index < -0.39 is 60.0 Å². The summed E-state index contributed by atoms with van der Waals surface area (Å²) in [5, 5.41) is 19.0. The minimum absolute atomic E-state index is 0.0703. The van der Waals surface area contributed by atoms with Crippen LogP contribution in [0.4, 0.5) is 44.3 Å². The summed E-state index contributed by atoms with van der Waals surface area (Å²) in [5.41, 5.74) is -4.56. The maximum atomic E-state index is 13.6. The van der Waals surface area contributed by atoms with Gasteiger partial charge in [0.25, 0.3) is 0 Å². The SMILES string of the molecule is COc1ccc(CCO)cc1-c1ccc(C(F)(F)F)cc1CN(Cc1cc(C(F)(F)F)cc(C(F)(F)F)c1)C(=O)O. The van der Waals surface area contributed by atoms with Crippen molar-refractivity contribution in [2.24, 2.45) is 0 Å². The molecule has 3 aromatic carbocycles. The van der Waals surface area contributed by atoms with Crippen molar-refractivity contribution >= 4 is 6.09 Å². The van der Waals surface area contributed by atoms with Gasteiger partial charge in [0, 0.05) is 25.3 Å². The van der Waals surface area contributed by atoms with Crippen molar-refractivity contribution < 1.29 is 59.3 Å². The van der Waals surface area contributed by atoms with Crippen molar-refractivity contribution in [1.29, 1.82) is 0 Å². The molecule has 2 N–H and O–H groups in total. The van der Waals surface area contributed by atoms with E-state index >= 15 is 0 Å². The van der Waals surface area contributed by atoms with Gasteiger partial charge in [-0.1, -0.05) is 12.1 Å². The van der Waals surface area contributed by atoms with Gasteiger partial charge in [-0.05, 0) is 71.1 Å². The van der Waals surface area contributed by atoms with Gasteiger partial charge in [-0.3, -0.25) is 4.90 Å². The number of rotatable bonds is 8. The number of alkyl halides is 9. The van der Waals surface area contributed by atoms with Crippen molar-refractivity contribution in [3.05, 3.63) is 88.0 Å². The van der Waals surface area contributed by atoms with Gasteiger partial charge in [-0.25, -0.2) is 4.79 Å². The minimum atomic E-state index is -5.19. The first-order valence-electron chi connectivity index (χ1n) is 11.7. The first kappa shape index (κ1) is 31.6. The normalized spacial score (nSPS) is 12.4. The summed E-state index contributed by atoms with van der Waals surface area (Å²) in [6, 6.07) is 7.61. The molecule has 14 heteroatoms. The van der Waals surface area contributed by atoms with E-state index in [2.05, 4.69) is 0 Å². The van der Waals surface area contributed by atoms with Crippen molar-refractivity contribution in [2.45, 2.75) is 38.0 Å². The molecule has 5 nitrogen and oxygen atoms in total. The van der Waals surface area contributed by atoms with E-state index in [9.17, 15) is 54.5 Å². The van der Waals surface area contributed by atoms with E-state index in [4.69, 9.17) is 4.74 Å². The fourth-order valence-corrected chi connectivity index (χ4v) is 4.14. The Kier molecular flexibility index (Phi) is 9.16. The number of methoxy groups -OCH3 is 1. The highest BCUT2D eigenvalue weighted by molar-refractivity contribution is 5.75. The number of hydrogen-bond acceptors (Lipinski definition) is 3. The van der Waals surface area contributed by atoms with Crippen molar-refractivity contribution in [3.63, 3.8) is 0 Å². The molecule has 41 heavy (non-hydrogen) atoms. The Morgan fingerprint density at radius 2 is 1.32 bits per heavy atom. The zero-order valence-electron chi connectivity index (χ0n) is 21.1. The summed E-state index contributed by atoms with van der Waals surface area (Å²) in [6.45, 7) is -2.09. The number of nitrogens with zero attached hydrogens (tertiary/aromatic N) is 1. The standard InChI is InChI=1S/C27H22F9NO4/c1-41-23-5-2-15(6-7-38)10-22(23)21-4-3-18(25(28,29)30)11-17(21)14-37(24(39)40)13-16-8-19(26(31,32)33)12-20(9-16)27(34,35)36/h2-5,8-12,38H,6-7,13-14H2,1H3,(H,39,40). The van der Waals surface area contributed by atoms with Crippen LogP contribution in [0.25, 0.3) is 11.1 Å². The molecule has 3 aromatic rings. The van der Waals surface area contributed by atoms with Gasteiger partial charge in [0.1, 0.15) is 5.75 Å². The fourth-order valence-electron chi connectivity index (χ4n) is 4.14. The second-order valence-corrected chi connectivity index (χ2v) is 8.93. The highest BCUT2D eigenvalue weighted by Gasteiger charge is 2.37. The number of carbonyl (C=O) groups is 1. The lowest BCUT2D eigenvalue weighted by atomic mass is 9.94. The molecule has 0 radical (unpaired) electrons. The lowest BCUT2D eigenvalue weighted by Crippen LogP contribution is -2.29. The molecule has 0 spiro atoms. The third kappa shape index (κ3) is 7.84. The number of halogens is 9. The van der Waals surface area contributed by atoms with Crippen LogP contribution >= 0.6 is 0 Å².